The number of nitrogens with zero attached hydrogens (tertiary/aromatic N) is 6. The van der Waals surface area contributed by atoms with Gasteiger partial charge in [0.15, 0.2) is 0 Å². The highest BCUT2D eigenvalue weighted by atomic mass is 35.7. The predicted octanol–water partition coefficient (Wildman–Crippen LogP) is 6.88. The van der Waals surface area contributed by atoms with Crippen molar-refractivity contribution in [1.29, 1.82) is 0 Å². The molecule has 1 N–H and O–H groups in total. The number of aromatic nitrogens is 3. The van der Waals surface area contributed by atoms with Gasteiger partial charge >= 0.3 is 6.09 Å². The molecule has 10 rings (SSSR count). The maximum Gasteiger partial charge on any atom is 0.410 e. The summed E-state index contributed by atoms with van der Waals surface area (Å²) in [6.07, 6.45) is 9.76. The zero-order chi connectivity index (χ0) is 47.3. The van der Waals surface area contributed by atoms with E-state index in [1.165, 1.54) is 6.07 Å². The van der Waals surface area contributed by atoms with E-state index in [-0.39, 0.29) is 22.8 Å². The first-order valence-electron chi connectivity index (χ1n) is 21.8. The largest absolute Gasteiger partial charge is 0.444 e. The molecular weight excluding hydrogens is 922 g/mol. The Morgan fingerprint density at radius 2 is 0.939 bits per heavy atom. The molecule has 15 nitrogen and oxygen atoms in total. The quantitative estimate of drug-likeness (QED) is 0.177. The molecule has 3 aromatic carbocycles. The smallest absolute Gasteiger partial charge is 0.410 e. The van der Waals surface area contributed by atoms with Crippen molar-refractivity contribution >= 4 is 78.2 Å². The molecule has 4 saturated heterocycles. The maximum absolute atomic E-state index is 13.4. The highest BCUT2D eigenvalue weighted by Crippen LogP contribution is 2.38. The second-order valence-electron chi connectivity index (χ2n) is 18.6. The molecule has 4 fully saturated rings. The highest BCUT2D eigenvalue weighted by Gasteiger charge is 2.47. The zero-order valence-corrected chi connectivity index (χ0v) is 40.9. The average molecular weight is 977 g/mol. The first-order chi connectivity index (χ1) is 31.1. The molecule has 0 saturated carbocycles. The Morgan fingerprint density at radius 3 is 1.32 bits per heavy atom. The van der Waals surface area contributed by atoms with Crippen LogP contribution in [0.25, 0.3) is 32.3 Å². The number of amides is 1. The van der Waals surface area contributed by atoms with Crippen LogP contribution in [0.4, 0.5) is 4.79 Å². The fraction of sp³-hybridized carbons (Fsp3) is 0.404. The number of carbonyl (C=O) groups is 1. The Morgan fingerprint density at radius 1 is 0.576 bits per heavy atom. The van der Waals surface area contributed by atoms with E-state index in [0.29, 0.717) is 66.3 Å². The van der Waals surface area contributed by atoms with Crippen LogP contribution in [0.5, 0.6) is 0 Å². The van der Waals surface area contributed by atoms with Crippen molar-refractivity contribution in [2.75, 3.05) is 52.4 Å². The molecule has 7 heterocycles. The summed E-state index contributed by atoms with van der Waals surface area (Å²) in [6, 6.07) is 15.7. The lowest BCUT2D eigenvalue weighted by Gasteiger charge is -2.26. The van der Waals surface area contributed by atoms with E-state index >= 15 is 0 Å². The third kappa shape index (κ3) is 9.64. The molecule has 4 aliphatic heterocycles. The third-order valence-corrected chi connectivity index (χ3v) is 17.9. The van der Waals surface area contributed by atoms with E-state index in [1.807, 2.05) is 46.8 Å². The van der Waals surface area contributed by atoms with E-state index in [9.17, 15) is 30.0 Å². The topological polar surface area (TPSA) is 189 Å². The molecule has 0 aliphatic carbocycles. The number of hydrogen-bond acceptors (Lipinski definition) is 12. The number of sulfonamides is 2. The Kier molecular flexibility index (Phi) is 13.3. The Labute approximate surface area is 391 Å². The molecule has 350 valence electrons. The summed E-state index contributed by atoms with van der Waals surface area (Å²) in [5, 5.41) is 7.99. The van der Waals surface area contributed by atoms with Crippen molar-refractivity contribution in [3.63, 3.8) is 0 Å². The number of carbonyl (C=O) groups excluding carboxylic acids is 1. The molecular formula is C47H54ClN7O8S3. The van der Waals surface area contributed by atoms with Gasteiger partial charge in [-0.05, 0) is 113 Å². The van der Waals surface area contributed by atoms with E-state index in [0.717, 1.165) is 56.7 Å². The van der Waals surface area contributed by atoms with Crippen LogP contribution in [0, 0.1) is 44.4 Å². The number of benzene rings is 3. The number of hydrogen-bond donors (Lipinski definition) is 1. The van der Waals surface area contributed by atoms with Gasteiger partial charge in [-0.15, -0.1) is 0 Å². The van der Waals surface area contributed by atoms with Crippen LogP contribution < -0.4 is 5.32 Å². The second kappa shape index (κ2) is 18.3. The fourth-order valence-corrected chi connectivity index (χ4v) is 14.5. The van der Waals surface area contributed by atoms with Crippen LogP contribution in [0.2, 0.25) is 0 Å². The lowest BCUT2D eigenvalue weighted by molar-refractivity contribution is 0.0278. The number of rotatable bonds is 5. The summed E-state index contributed by atoms with van der Waals surface area (Å²) in [5.41, 5.74) is 2.01. The number of fused-ring (bicyclic) bond motifs is 5. The molecule has 3 aromatic heterocycles. The number of pyridine rings is 3. The van der Waals surface area contributed by atoms with E-state index < -0.39 is 34.7 Å². The summed E-state index contributed by atoms with van der Waals surface area (Å²) in [7, 11) is -5.42. The van der Waals surface area contributed by atoms with Crippen LogP contribution in [-0.4, -0.2) is 118 Å². The summed E-state index contributed by atoms with van der Waals surface area (Å²) >= 11 is 0. The molecule has 0 spiro atoms. The lowest BCUT2D eigenvalue weighted by atomic mass is 10.0. The van der Waals surface area contributed by atoms with E-state index in [1.54, 1.807) is 94.0 Å². The van der Waals surface area contributed by atoms with Crippen LogP contribution in [0.1, 0.15) is 37.5 Å². The normalized spacial score (nSPS) is 21.3. The van der Waals surface area contributed by atoms with Gasteiger partial charge in [0.25, 0.3) is 9.05 Å². The SMILES string of the molecule is Cc1cncc2cccc(S(=O)(=O)Cl)c12.Cc1cncc2cccc(S(=O)(=O)N3C[C@H]4CN(C(=O)OC(C)(C)C)C[C@H]4C3)c12.Cc1cncc2cccc(S(=O)(=O)N3C[C@H]4CNC[C@H]4C3)c12. The highest BCUT2D eigenvalue weighted by molar-refractivity contribution is 8.14. The summed E-state index contributed by atoms with van der Waals surface area (Å²) in [4.78, 5) is 27.3. The van der Waals surface area contributed by atoms with Crippen LogP contribution in [0.3, 0.4) is 0 Å². The number of likely N-dealkylation sites (tertiary alicyclic amines) is 1. The summed E-state index contributed by atoms with van der Waals surface area (Å²) < 4.78 is 84.5. The molecule has 4 aliphatic rings. The maximum atomic E-state index is 13.4. The monoisotopic (exact) mass is 975 g/mol. The molecule has 0 radical (unpaired) electrons. The fourth-order valence-electron chi connectivity index (χ4n) is 9.66. The van der Waals surface area contributed by atoms with E-state index in [4.69, 9.17) is 15.4 Å². The molecule has 19 heteroatoms. The van der Waals surface area contributed by atoms with Crippen molar-refractivity contribution in [3.05, 3.63) is 108 Å². The minimum Gasteiger partial charge on any atom is -0.444 e. The molecule has 4 atom stereocenters. The predicted molar refractivity (Wildman–Crippen MR) is 255 cm³/mol. The molecule has 6 aromatic rings. The number of nitrogens with one attached hydrogen (secondary N) is 1. The van der Waals surface area contributed by atoms with Gasteiger partial charge in [-0.1, -0.05) is 36.4 Å². The second-order valence-corrected chi connectivity index (χ2v) is 24.9. The van der Waals surface area contributed by atoms with E-state index in [2.05, 4.69) is 20.3 Å². The van der Waals surface area contributed by atoms with Crippen molar-refractivity contribution in [2.24, 2.45) is 23.7 Å². The molecule has 0 unspecified atom stereocenters. The Bertz CT molecular complexity index is 3150. The standard InChI is InChI=1S/C21H27N3O4S.C16H19N3O2S.C10H8ClNO2S/c1-14-8-22-9-15-6-5-7-18(19(14)15)29(26,27)24-12-16-10-23(11-17(16)13-24)20(25)28-21(2,3)4;1-11-5-17-6-12-3-2-4-15(16(11)12)22(20,21)19-9-13-7-18-8-14(13)10-19;1-7-5-12-6-8-3-2-4-9(10(7)8)15(11,13)14/h5-9,16-17H,10-13H2,1-4H3;2-6,13-14,18H,7-10H2,1H3;2-6H,1H3/t16-,17+;13-,14+;. The Balaban J connectivity index is 0.000000142. The first-order valence-corrected chi connectivity index (χ1v) is 27.0. The first kappa shape index (κ1) is 47.7. The van der Waals surface area contributed by atoms with Crippen molar-refractivity contribution in [3.8, 4) is 0 Å². The molecule has 1 amide bonds. The summed E-state index contributed by atoms with van der Waals surface area (Å²) in [5.74, 6) is 1.17. The summed E-state index contributed by atoms with van der Waals surface area (Å²) in [6.45, 7) is 16.1. The average Bonchev–Trinajstić information content (AvgIpc) is 4.06. The van der Waals surface area contributed by atoms with Crippen molar-refractivity contribution in [2.45, 2.75) is 61.8 Å². The lowest BCUT2D eigenvalue weighted by Crippen LogP contribution is -2.38. The van der Waals surface area contributed by atoms with Gasteiger partial charge in [0.2, 0.25) is 20.0 Å². The van der Waals surface area contributed by atoms with Crippen molar-refractivity contribution < 1.29 is 34.8 Å². The van der Waals surface area contributed by atoms with Crippen LogP contribution in [-0.2, 0) is 33.8 Å². The van der Waals surface area contributed by atoms with Crippen molar-refractivity contribution in [1.82, 2.24) is 33.8 Å². The van der Waals surface area contributed by atoms with Crippen LogP contribution in [0.15, 0.2) is 106 Å². The third-order valence-electron chi connectivity index (χ3n) is 12.8. The number of aryl methyl sites for hydroxylation is 3. The molecule has 66 heavy (non-hydrogen) atoms. The minimum absolute atomic E-state index is 0.134. The van der Waals surface area contributed by atoms with Gasteiger partial charge in [0, 0.05) is 119 Å². The van der Waals surface area contributed by atoms with Gasteiger partial charge < -0.3 is 15.0 Å². The Hall–Kier alpha value is -4.82. The van der Waals surface area contributed by atoms with Gasteiger partial charge in [0.1, 0.15) is 5.60 Å². The van der Waals surface area contributed by atoms with Gasteiger partial charge in [-0.2, -0.15) is 8.61 Å². The van der Waals surface area contributed by atoms with Gasteiger partial charge in [-0.3, -0.25) is 15.0 Å². The molecule has 0 bridgehead atoms. The van der Waals surface area contributed by atoms with Gasteiger partial charge in [0.05, 0.1) is 14.7 Å². The minimum atomic E-state index is -3.71. The van der Waals surface area contributed by atoms with Gasteiger partial charge in [-0.25, -0.2) is 30.0 Å². The zero-order valence-electron chi connectivity index (χ0n) is 37.7. The number of ether oxygens (including phenoxy) is 1. The number of halogens is 1. The van der Waals surface area contributed by atoms with Crippen LogP contribution >= 0.6 is 10.7 Å².